The molecule has 0 aliphatic heterocycles. The van der Waals surface area contributed by atoms with E-state index >= 15 is 0 Å². The molecule has 5 nitrogen and oxygen atoms in total. The van der Waals surface area contributed by atoms with Crippen molar-refractivity contribution in [3.8, 4) is 5.69 Å². The molecule has 3 aromatic rings. The van der Waals surface area contributed by atoms with Crippen molar-refractivity contribution in [3.63, 3.8) is 0 Å². The molecule has 3 N–H and O–H groups in total. The molecule has 2 saturated carbocycles. The van der Waals surface area contributed by atoms with Gasteiger partial charge in [-0.05, 0) is 104 Å². The van der Waals surface area contributed by atoms with Crippen LogP contribution in [-0.4, -0.2) is 26.4 Å². The summed E-state index contributed by atoms with van der Waals surface area (Å²) in [6.07, 6.45) is 9.21. The summed E-state index contributed by atoms with van der Waals surface area (Å²) in [6, 6.07) is 10.4. The van der Waals surface area contributed by atoms with Crippen LogP contribution in [0.25, 0.3) is 11.8 Å². The summed E-state index contributed by atoms with van der Waals surface area (Å²) in [5, 5.41) is 16.8. The predicted molar refractivity (Wildman–Crippen MR) is 128 cm³/mol. The lowest BCUT2D eigenvalue weighted by molar-refractivity contribution is -0.0661. The number of rotatable bonds is 6. The molecule has 2 aromatic carbocycles. The fourth-order valence-electron chi connectivity index (χ4n) is 6.55. The molecule has 0 radical (unpaired) electrons. The maximum Gasteiger partial charge on any atom is 0.249 e. The Kier molecular flexibility index (Phi) is 4.97. The van der Waals surface area contributed by atoms with Gasteiger partial charge < -0.3 is 10.8 Å². The van der Waals surface area contributed by atoms with Crippen LogP contribution in [0.3, 0.4) is 0 Å². The molecule has 6 rings (SSSR count). The van der Waals surface area contributed by atoms with E-state index in [1.807, 2.05) is 10.9 Å². The molecule has 0 bridgehead atoms. The fourth-order valence-corrected chi connectivity index (χ4v) is 6.55. The van der Waals surface area contributed by atoms with Crippen LogP contribution in [0, 0.1) is 23.0 Å². The van der Waals surface area contributed by atoms with Crippen molar-refractivity contribution < 1.29 is 18.7 Å². The summed E-state index contributed by atoms with van der Waals surface area (Å²) in [6.45, 7) is 0. The minimum atomic E-state index is -0.945. The van der Waals surface area contributed by atoms with Gasteiger partial charge in [0.25, 0.3) is 0 Å². The summed E-state index contributed by atoms with van der Waals surface area (Å²) < 4.78 is 29.0. The summed E-state index contributed by atoms with van der Waals surface area (Å²) >= 11 is 0. The molecule has 35 heavy (non-hydrogen) atoms. The summed E-state index contributed by atoms with van der Waals surface area (Å²) in [5.41, 5.74) is 9.12. The van der Waals surface area contributed by atoms with Gasteiger partial charge in [0.05, 0.1) is 23.2 Å². The number of carbonyl (C=O) groups excluding carboxylic acids is 1. The first-order valence-electron chi connectivity index (χ1n) is 12.2. The van der Waals surface area contributed by atoms with Gasteiger partial charge in [0.2, 0.25) is 5.91 Å². The lowest BCUT2D eigenvalue weighted by Gasteiger charge is -2.46. The number of hydrogen-bond donors (Lipinski definition) is 2. The largest absolute Gasteiger partial charge is 0.389 e. The van der Waals surface area contributed by atoms with E-state index in [1.54, 1.807) is 18.2 Å². The average Bonchev–Trinajstić information content (AvgIpc) is 3.56. The third kappa shape index (κ3) is 3.44. The van der Waals surface area contributed by atoms with Crippen LogP contribution in [0.4, 0.5) is 8.78 Å². The first kappa shape index (κ1) is 22.2. The van der Waals surface area contributed by atoms with E-state index in [2.05, 4.69) is 11.2 Å². The molecule has 1 aromatic heterocycles. The molecule has 0 unspecified atom stereocenters. The second-order valence-electron chi connectivity index (χ2n) is 10.2. The van der Waals surface area contributed by atoms with Gasteiger partial charge in [0.15, 0.2) is 0 Å². The average molecular weight is 476 g/mol. The maximum absolute atomic E-state index is 13.7. The molecule has 2 fully saturated rings. The van der Waals surface area contributed by atoms with Crippen molar-refractivity contribution in [1.29, 1.82) is 0 Å². The summed E-state index contributed by atoms with van der Waals surface area (Å²) in [7, 11) is 0. The number of nitrogens with zero attached hydrogens (tertiary/aromatic N) is 2. The quantitative estimate of drug-likeness (QED) is 0.540. The fraction of sp³-hybridized carbons (Fsp3) is 0.357. The first-order chi connectivity index (χ1) is 16.8. The predicted octanol–water partition coefficient (Wildman–Crippen LogP) is 4.74. The minimum Gasteiger partial charge on any atom is -0.389 e. The van der Waals surface area contributed by atoms with Crippen molar-refractivity contribution in [2.45, 2.75) is 50.5 Å². The first-order valence-corrected chi connectivity index (χ1v) is 12.2. The monoisotopic (exact) mass is 475 g/mol. The molecular formula is C28H27F2N3O2. The summed E-state index contributed by atoms with van der Waals surface area (Å²) in [5.74, 6) is -1.06. The summed E-state index contributed by atoms with van der Waals surface area (Å²) in [4.78, 5) is 11.9. The second kappa shape index (κ2) is 7.85. The van der Waals surface area contributed by atoms with Crippen LogP contribution >= 0.6 is 0 Å². The Labute approximate surface area is 202 Å². The van der Waals surface area contributed by atoms with E-state index in [1.165, 1.54) is 29.8 Å². The second-order valence-corrected chi connectivity index (χ2v) is 10.2. The smallest absolute Gasteiger partial charge is 0.249 e. The SMILES string of the molecule is NC(=O)c1cc(F)ccc1CC[C@]1(O)CCC2=Cc3c(cnn3-c3ccc(F)cc3)C[C@@]21C1CC1. The minimum absolute atomic E-state index is 0.175. The molecule has 180 valence electrons. The van der Waals surface area contributed by atoms with Gasteiger partial charge in [-0.25, -0.2) is 13.5 Å². The topological polar surface area (TPSA) is 81.1 Å². The van der Waals surface area contributed by atoms with Crippen LogP contribution in [0.1, 0.15) is 59.3 Å². The molecule has 7 heteroatoms. The number of carbonyl (C=O) groups is 1. The highest BCUT2D eigenvalue weighted by Crippen LogP contribution is 2.66. The number of benzene rings is 2. The zero-order valence-electron chi connectivity index (χ0n) is 19.3. The number of amides is 1. The number of aryl methyl sites for hydroxylation is 1. The number of aliphatic hydroxyl groups is 1. The van der Waals surface area contributed by atoms with Gasteiger partial charge in [-0.2, -0.15) is 5.10 Å². The normalized spacial score (nSPS) is 25.2. The van der Waals surface area contributed by atoms with Crippen LogP contribution in [0.5, 0.6) is 0 Å². The van der Waals surface area contributed by atoms with E-state index < -0.39 is 17.3 Å². The Balaban J connectivity index is 1.35. The number of fused-ring (bicyclic) bond motifs is 2. The third-order valence-corrected chi connectivity index (χ3v) is 8.37. The number of hydrogen-bond acceptors (Lipinski definition) is 3. The van der Waals surface area contributed by atoms with Crippen molar-refractivity contribution in [1.82, 2.24) is 9.78 Å². The Bertz CT molecular complexity index is 1360. The molecule has 1 heterocycles. The molecule has 0 spiro atoms. The van der Waals surface area contributed by atoms with Gasteiger partial charge >= 0.3 is 0 Å². The standard InChI is InChI=1S/C28H27F2N3O2/c29-21-5-7-23(8-6-21)33-25-13-20-10-12-27(35,28(20,19-2-3-19)15-18(25)16-32-33)11-9-17-1-4-22(30)14-24(17)26(31)34/h1,4-8,13-14,16,19,35H,2-3,9-12,15H2,(H2,31,34)/t27-,28+/m0/s1. The molecule has 3 aliphatic rings. The van der Waals surface area contributed by atoms with Crippen molar-refractivity contribution in [2.24, 2.45) is 17.1 Å². The maximum atomic E-state index is 13.7. The van der Waals surface area contributed by atoms with Gasteiger partial charge in [0.1, 0.15) is 11.6 Å². The molecule has 0 saturated heterocycles. The van der Waals surface area contributed by atoms with E-state index in [4.69, 9.17) is 5.73 Å². The highest BCUT2D eigenvalue weighted by atomic mass is 19.1. The Hall–Kier alpha value is -3.32. The number of nitrogens with two attached hydrogens (primary N) is 1. The van der Waals surface area contributed by atoms with Gasteiger partial charge in [-0.3, -0.25) is 4.79 Å². The molecule has 2 atom stereocenters. The zero-order valence-corrected chi connectivity index (χ0v) is 19.3. The number of halogens is 2. The van der Waals surface area contributed by atoms with Crippen LogP contribution in [-0.2, 0) is 12.8 Å². The van der Waals surface area contributed by atoms with Crippen LogP contribution in [0.2, 0.25) is 0 Å². The van der Waals surface area contributed by atoms with Gasteiger partial charge in [-0.1, -0.05) is 11.6 Å². The number of aromatic nitrogens is 2. The lowest BCUT2D eigenvalue weighted by Crippen LogP contribution is -2.49. The van der Waals surface area contributed by atoms with E-state index in [9.17, 15) is 18.7 Å². The van der Waals surface area contributed by atoms with E-state index in [0.717, 1.165) is 36.2 Å². The van der Waals surface area contributed by atoms with Crippen molar-refractivity contribution in [3.05, 3.63) is 88.3 Å². The van der Waals surface area contributed by atoms with Crippen LogP contribution in [0.15, 0.2) is 54.2 Å². The van der Waals surface area contributed by atoms with E-state index in [0.29, 0.717) is 37.2 Å². The third-order valence-electron chi connectivity index (χ3n) is 8.37. The van der Waals surface area contributed by atoms with E-state index in [-0.39, 0.29) is 16.8 Å². The lowest BCUT2D eigenvalue weighted by atomic mass is 9.61. The highest BCUT2D eigenvalue weighted by molar-refractivity contribution is 5.94. The Morgan fingerprint density at radius 1 is 1.14 bits per heavy atom. The van der Waals surface area contributed by atoms with Crippen molar-refractivity contribution >= 4 is 12.0 Å². The Morgan fingerprint density at radius 2 is 1.89 bits per heavy atom. The van der Waals surface area contributed by atoms with Crippen molar-refractivity contribution in [2.75, 3.05) is 0 Å². The highest BCUT2D eigenvalue weighted by Gasteiger charge is 2.63. The zero-order chi connectivity index (χ0) is 24.4. The Morgan fingerprint density at radius 3 is 2.60 bits per heavy atom. The molecule has 1 amide bonds. The molecule has 3 aliphatic carbocycles. The number of primary amides is 1. The molecular weight excluding hydrogens is 448 g/mol. The van der Waals surface area contributed by atoms with Gasteiger partial charge in [0, 0.05) is 11.0 Å². The van der Waals surface area contributed by atoms with Gasteiger partial charge in [-0.15, -0.1) is 0 Å². The van der Waals surface area contributed by atoms with Crippen LogP contribution < -0.4 is 5.73 Å².